The zero-order valence-corrected chi connectivity index (χ0v) is 10.5. The van der Waals surface area contributed by atoms with Crippen LogP contribution in [0, 0.1) is 0 Å². The van der Waals surface area contributed by atoms with Gasteiger partial charge in [-0.2, -0.15) is 11.8 Å². The van der Waals surface area contributed by atoms with E-state index in [1.165, 1.54) is 17.9 Å². The van der Waals surface area contributed by atoms with Gasteiger partial charge in [0, 0.05) is 23.9 Å². The molecule has 0 aromatic heterocycles. The minimum absolute atomic E-state index is 0.197. The van der Waals surface area contributed by atoms with Crippen LogP contribution < -0.4 is 5.32 Å². The Bertz CT molecular complexity index is 389. The van der Waals surface area contributed by atoms with Gasteiger partial charge in [0.25, 0.3) is 0 Å². The summed E-state index contributed by atoms with van der Waals surface area (Å²) < 4.78 is 0. The van der Waals surface area contributed by atoms with E-state index < -0.39 is 5.97 Å². The molecule has 17 heavy (non-hydrogen) atoms. The van der Waals surface area contributed by atoms with Crippen LogP contribution in [0.25, 0.3) is 0 Å². The molecule has 1 atom stereocenters. The summed E-state index contributed by atoms with van der Waals surface area (Å²) in [5.41, 5.74) is 2.20. The average molecular weight is 251 g/mol. The molecule has 2 N–H and O–H groups in total. The molecule has 2 rings (SSSR count). The molecule has 0 spiro atoms. The molecular weight excluding hydrogens is 234 g/mol. The van der Waals surface area contributed by atoms with Crippen LogP contribution in [0.2, 0.25) is 0 Å². The van der Waals surface area contributed by atoms with Gasteiger partial charge in [-0.05, 0) is 36.3 Å². The van der Waals surface area contributed by atoms with Gasteiger partial charge in [0.05, 0.1) is 0 Å². The Kier molecular flexibility index (Phi) is 4.31. The van der Waals surface area contributed by atoms with Crippen molar-refractivity contribution in [2.24, 2.45) is 0 Å². The lowest BCUT2D eigenvalue weighted by Gasteiger charge is -2.13. The Morgan fingerprint density at radius 3 is 3.12 bits per heavy atom. The number of anilines is 1. The van der Waals surface area contributed by atoms with E-state index in [9.17, 15) is 4.79 Å². The summed E-state index contributed by atoms with van der Waals surface area (Å²) >= 11 is 1.98. The molecule has 0 amide bonds. The van der Waals surface area contributed by atoms with Crippen molar-refractivity contribution in [1.82, 2.24) is 0 Å². The molecule has 1 fully saturated rings. The second-order valence-electron chi connectivity index (χ2n) is 4.30. The number of thioether (sulfide) groups is 1. The summed E-state index contributed by atoms with van der Waals surface area (Å²) in [5, 5.41) is 12.2. The maximum Gasteiger partial charge on any atom is 0.303 e. The normalized spacial score (nSPS) is 19.2. The van der Waals surface area contributed by atoms with Gasteiger partial charge in [-0.25, -0.2) is 0 Å². The Hall–Kier alpha value is -1.16. The Morgan fingerprint density at radius 1 is 1.53 bits per heavy atom. The molecule has 1 unspecified atom stereocenters. The molecule has 0 radical (unpaired) electrons. The summed E-state index contributed by atoms with van der Waals surface area (Å²) in [6, 6.07) is 8.65. The van der Waals surface area contributed by atoms with Gasteiger partial charge in [0.2, 0.25) is 0 Å². The number of benzene rings is 1. The monoisotopic (exact) mass is 251 g/mol. The second kappa shape index (κ2) is 5.96. The van der Waals surface area contributed by atoms with Crippen molar-refractivity contribution < 1.29 is 9.90 Å². The van der Waals surface area contributed by atoms with Gasteiger partial charge in [-0.15, -0.1) is 0 Å². The topological polar surface area (TPSA) is 49.3 Å². The van der Waals surface area contributed by atoms with Gasteiger partial charge in [0.15, 0.2) is 0 Å². The predicted octanol–water partition coefficient (Wildman–Crippen LogP) is 2.62. The van der Waals surface area contributed by atoms with Crippen LogP contribution >= 0.6 is 11.8 Å². The first-order valence-electron chi connectivity index (χ1n) is 5.89. The smallest absolute Gasteiger partial charge is 0.303 e. The standard InChI is InChI=1S/C13H17NO2S/c15-13(16)5-4-10-2-1-3-11(8-10)14-12-6-7-17-9-12/h1-3,8,12,14H,4-7,9H2,(H,15,16). The number of aliphatic carboxylic acids is 1. The van der Waals surface area contributed by atoms with E-state index in [4.69, 9.17) is 5.11 Å². The van der Waals surface area contributed by atoms with Gasteiger partial charge in [0.1, 0.15) is 0 Å². The lowest BCUT2D eigenvalue weighted by atomic mass is 10.1. The maximum absolute atomic E-state index is 10.5. The number of carboxylic acid groups (broad SMARTS) is 1. The third kappa shape index (κ3) is 3.97. The van der Waals surface area contributed by atoms with Crippen LogP contribution in [-0.4, -0.2) is 28.6 Å². The number of carbonyl (C=O) groups is 1. The molecule has 0 bridgehead atoms. The lowest BCUT2D eigenvalue weighted by Crippen LogP contribution is -2.18. The van der Waals surface area contributed by atoms with Crippen molar-refractivity contribution in [3.8, 4) is 0 Å². The molecule has 1 aliphatic heterocycles. The Labute approximate surface area is 106 Å². The molecule has 3 nitrogen and oxygen atoms in total. The van der Waals surface area contributed by atoms with Gasteiger partial charge < -0.3 is 10.4 Å². The third-order valence-corrected chi connectivity index (χ3v) is 4.02. The van der Waals surface area contributed by atoms with Crippen LogP contribution in [-0.2, 0) is 11.2 Å². The number of rotatable bonds is 5. The highest BCUT2D eigenvalue weighted by Crippen LogP contribution is 2.22. The number of hydrogen-bond acceptors (Lipinski definition) is 3. The zero-order chi connectivity index (χ0) is 12.1. The van der Waals surface area contributed by atoms with Gasteiger partial charge >= 0.3 is 5.97 Å². The number of nitrogens with one attached hydrogen (secondary N) is 1. The molecule has 92 valence electrons. The summed E-state index contributed by atoms with van der Waals surface area (Å²) in [6.07, 6.45) is 2.01. The molecule has 1 aromatic carbocycles. The Morgan fingerprint density at radius 2 is 2.41 bits per heavy atom. The number of hydrogen-bond donors (Lipinski definition) is 2. The van der Waals surface area contributed by atoms with Gasteiger partial charge in [-0.1, -0.05) is 12.1 Å². The third-order valence-electron chi connectivity index (χ3n) is 2.85. The van der Waals surface area contributed by atoms with Crippen LogP contribution in [0.3, 0.4) is 0 Å². The molecule has 1 aliphatic rings. The molecule has 1 saturated heterocycles. The fourth-order valence-electron chi connectivity index (χ4n) is 1.95. The molecule has 0 aliphatic carbocycles. The quantitative estimate of drug-likeness (QED) is 0.844. The molecule has 4 heteroatoms. The van der Waals surface area contributed by atoms with E-state index >= 15 is 0 Å². The zero-order valence-electron chi connectivity index (χ0n) is 9.69. The van der Waals surface area contributed by atoms with Crippen molar-refractivity contribution in [3.63, 3.8) is 0 Å². The number of carboxylic acids is 1. The van der Waals surface area contributed by atoms with Crippen LogP contribution in [0.5, 0.6) is 0 Å². The van der Waals surface area contributed by atoms with Crippen molar-refractivity contribution in [2.75, 3.05) is 16.8 Å². The van der Waals surface area contributed by atoms with Gasteiger partial charge in [-0.3, -0.25) is 4.79 Å². The Balaban J connectivity index is 1.93. The highest BCUT2D eigenvalue weighted by Gasteiger charge is 2.14. The van der Waals surface area contributed by atoms with Crippen molar-refractivity contribution in [1.29, 1.82) is 0 Å². The minimum Gasteiger partial charge on any atom is -0.481 e. The van der Waals surface area contributed by atoms with E-state index in [2.05, 4.69) is 11.4 Å². The van der Waals surface area contributed by atoms with Crippen LogP contribution in [0.1, 0.15) is 18.4 Å². The number of aryl methyl sites for hydroxylation is 1. The van der Waals surface area contributed by atoms with E-state index in [-0.39, 0.29) is 6.42 Å². The largest absolute Gasteiger partial charge is 0.481 e. The summed E-state index contributed by atoms with van der Waals surface area (Å²) in [4.78, 5) is 10.5. The second-order valence-corrected chi connectivity index (χ2v) is 5.45. The maximum atomic E-state index is 10.5. The molecular formula is C13H17NO2S. The first kappa shape index (κ1) is 12.3. The fourth-order valence-corrected chi connectivity index (χ4v) is 3.10. The van der Waals surface area contributed by atoms with Crippen molar-refractivity contribution >= 4 is 23.4 Å². The van der Waals surface area contributed by atoms with Crippen molar-refractivity contribution in [3.05, 3.63) is 29.8 Å². The molecule has 1 heterocycles. The highest BCUT2D eigenvalue weighted by molar-refractivity contribution is 7.99. The molecule has 1 aromatic rings. The highest BCUT2D eigenvalue weighted by atomic mass is 32.2. The van der Waals surface area contributed by atoms with Crippen LogP contribution in [0.4, 0.5) is 5.69 Å². The van der Waals surface area contributed by atoms with E-state index in [1.807, 2.05) is 30.0 Å². The first-order chi connectivity index (χ1) is 8.24. The predicted molar refractivity (Wildman–Crippen MR) is 71.8 cm³/mol. The SMILES string of the molecule is O=C(O)CCc1cccc(NC2CCSC2)c1. The van der Waals surface area contributed by atoms with E-state index in [1.54, 1.807) is 0 Å². The molecule has 0 saturated carbocycles. The summed E-state index contributed by atoms with van der Waals surface area (Å²) in [5.74, 6) is 1.66. The minimum atomic E-state index is -0.740. The summed E-state index contributed by atoms with van der Waals surface area (Å²) in [7, 11) is 0. The van der Waals surface area contributed by atoms with E-state index in [0.717, 1.165) is 11.3 Å². The summed E-state index contributed by atoms with van der Waals surface area (Å²) in [6.45, 7) is 0. The average Bonchev–Trinajstić information content (AvgIpc) is 2.80. The lowest BCUT2D eigenvalue weighted by molar-refractivity contribution is -0.136. The van der Waals surface area contributed by atoms with Crippen LogP contribution in [0.15, 0.2) is 24.3 Å². The first-order valence-corrected chi connectivity index (χ1v) is 7.04. The van der Waals surface area contributed by atoms with E-state index in [0.29, 0.717) is 12.5 Å². The van der Waals surface area contributed by atoms with Crippen molar-refractivity contribution in [2.45, 2.75) is 25.3 Å². The fraction of sp³-hybridized carbons (Fsp3) is 0.462.